The SMILES string of the molecule is COc1ccc(CN(C)c2cc(Nc3cccn(-c4ccccn4)c3=O)nc3c(C(=O)O)noc23)cc1. The first kappa shape index (κ1) is 23.5. The third-order valence-electron chi connectivity index (χ3n) is 5.70. The topological polar surface area (TPSA) is 136 Å². The molecule has 0 bridgehead atoms. The van der Waals surface area contributed by atoms with Crippen molar-refractivity contribution in [1.82, 2.24) is 19.7 Å². The average Bonchev–Trinajstić information content (AvgIpc) is 3.35. The van der Waals surface area contributed by atoms with E-state index in [1.165, 1.54) is 4.57 Å². The summed E-state index contributed by atoms with van der Waals surface area (Å²) in [6.07, 6.45) is 3.21. The van der Waals surface area contributed by atoms with Crippen LogP contribution in [0.5, 0.6) is 5.75 Å². The molecule has 0 atom stereocenters. The molecule has 11 nitrogen and oxygen atoms in total. The maximum Gasteiger partial charge on any atom is 0.360 e. The molecule has 0 unspecified atom stereocenters. The van der Waals surface area contributed by atoms with Crippen LogP contribution in [-0.4, -0.2) is 44.9 Å². The first-order valence-corrected chi connectivity index (χ1v) is 11.2. The van der Waals surface area contributed by atoms with Gasteiger partial charge in [0.1, 0.15) is 28.6 Å². The van der Waals surface area contributed by atoms with Crippen molar-refractivity contribution in [3.63, 3.8) is 0 Å². The van der Waals surface area contributed by atoms with Crippen LogP contribution in [0.3, 0.4) is 0 Å². The molecule has 5 aromatic rings. The van der Waals surface area contributed by atoms with E-state index in [4.69, 9.17) is 9.26 Å². The fourth-order valence-electron chi connectivity index (χ4n) is 3.89. The first-order valence-electron chi connectivity index (χ1n) is 11.2. The van der Waals surface area contributed by atoms with Gasteiger partial charge in [0, 0.05) is 32.1 Å². The molecule has 37 heavy (non-hydrogen) atoms. The summed E-state index contributed by atoms with van der Waals surface area (Å²) >= 11 is 0. The van der Waals surface area contributed by atoms with Crippen LogP contribution in [0.25, 0.3) is 16.9 Å². The number of anilines is 3. The zero-order chi connectivity index (χ0) is 25.9. The minimum absolute atomic E-state index is 0.0649. The van der Waals surface area contributed by atoms with Crippen LogP contribution in [-0.2, 0) is 6.54 Å². The summed E-state index contributed by atoms with van der Waals surface area (Å²) in [5.41, 5.74) is 1.38. The predicted octanol–water partition coefficient (Wildman–Crippen LogP) is 3.86. The number of fused-ring (bicyclic) bond motifs is 1. The van der Waals surface area contributed by atoms with Crippen LogP contribution < -0.4 is 20.5 Å². The van der Waals surface area contributed by atoms with E-state index in [0.717, 1.165) is 11.3 Å². The molecule has 2 N–H and O–H groups in total. The van der Waals surface area contributed by atoms with E-state index in [-0.39, 0.29) is 33.9 Å². The highest BCUT2D eigenvalue weighted by Gasteiger charge is 2.23. The van der Waals surface area contributed by atoms with Gasteiger partial charge in [0.05, 0.1) is 12.8 Å². The summed E-state index contributed by atoms with van der Waals surface area (Å²) in [7, 11) is 3.44. The number of benzene rings is 1. The molecule has 0 saturated heterocycles. The molecule has 4 heterocycles. The molecule has 0 spiro atoms. The Bertz CT molecular complexity index is 1630. The number of rotatable bonds is 8. The van der Waals surface area contributed by atoms with Crippen molar-refractivity contribution in [3.05, 3.63) is 94.7 Å². The van der Waals surface area contributed by atoms with Crippen molar-refractivity contribution >= 4 is 34.3 Å². The molecule has 0 saturated carbocycles. The minimum atomic E-state index is -1.27. The normalized spacial score (nSPS) is 10.9. The predicted molar refractivity (Wildman–Crippen MR) is 137 cm³/mol. The standard InChI is InChI=1S/C26H22N6O5/c1-31(15-16-8-10-17(36-2)11-9-16)19-14-20(29-22-23(26(34)35)30-37-24(19)22)28-18-6-5-13-32(25(18)33)21-7-3-4-12-27-21/h3-14H,15H2,1-2H3,(H,28,29)(H,34,35). The Labute approximate surface area is 210 Å². The van der Waals surface area contributed by atoms with E-state index in [1.807, 2.05) is 36.2 Å². The van der Waals surface area contributed by atoms with Gasteiger partial charge in [-0.3, -0.25) is 9.36 Å². The number of pyridine rings is 3. The number of ether oxygens (including phenoxy) is 1. The summed E-state index contributed by atoms with van der Waals surface area (Å²) in [5.74, 6) is 0.187. The third-order valence-corrected chi connectivity index (χ3v) is 5.70. The Balaban J connectivity index is 1.55. The van der Waals surface area contributed by atoms with Crippen molar-refractivity contribution in [1.29, 1.82) is 0 Å². The van der Waals surface area contributed by atoms with E-state index >= 15 is 0 Å². The van der Waals surface area contributed by atoms with Gasteiger partial charge in [-0.1, -0.05) is 23.4 Å². The molecule has 0 amide bonds. The van der Waals surface area contributed by atoms with Gasteiger partial charge in [0.15, 0.2) is 0 Å². The fourth-order valence-corrected chi connectivity index (χ4v) is 3.89. The quantitative estimate of drug-likeness (QED) is 0.325. The van der Waals surface area contributed by atoms with Crippen LogP contribution in [0, 0.1) is 0 Å². The van der Waals surface area contributed by atoms with Gasteiger partial charge in [-0.05, 0) is 42.0 Å². The average molecular weight is 498 g/mol. The maximum atomic E-state index is 13.2. The second kappa shape index (κ2) is 9.82. The number of carbonyl (C=O) groups is 1. The van der Waals surface area contributed by atoms with Gasteiger partial charge < -0.3 is 24.6 Å². The van der Waals surface area contributed by atoms with Gasteiger partial charge in [0.2, 0.25) is 11.3 Å². The van der Waals surface area contributed by atoms with Crippen molar-refractivity contribution in [2.75, 3.05) is 24.4 Å². The lowest BCUT2D eigenvalue weighted by Crippen LogP contribution is -2.21. The lowest BCUT2D eigenvalue weighted by Gasteiger charge is -2.20. The first-order chi connectivity index (χ1) is 17.9. The molecule has 186 valence electrons. The van der Waals surface area contributed by atoms with Gasteiger partial charge >= 0.3 is 5.97 Å². The zero-order valence-corrected chi connectivity index (χ0v) is 20.0. The number of hydrogen-bond donors (Lipinski definition) is 2. The highest BCUT2D eigenvalue weighted by Crippen LogP contribution is 2.32. The number of nitrogens with one attached hydrogen (secondary N) is 1. The highest BCUT2D eigenvalue weighted by atomic mass is 16.5. The molecule has 0 aliphatic carbocycles. The lowest BCUT2D eigenvalue weighted by atomic mass is 10.2. The number of nitrogens with zero attached hydrogens (tertiary/aromatic N) is 5. The van der Waals surface area contributed by atoms with Crippen LogP contribution in [0.15, 0.2) is 82.4 Å². The number of aromatic carboxylic acids is 1. The van der Waals surface area contributed by atoms with Crippen LogP contribution in [0.1, 0.15) is 16.1 Å². The van der Waals surface area contributed by atoms with Crippen LogP contribution in [0.4, 0.5) is 17.2 Å². The number of carboxylic acids is 1. The zero-order valence-electron chi connectivity index (χ0n) is 20.0. The molecule has 0 radical (unpaired) electrons. The molecule has 5 rings (SSSR count). The Morgan fingerprint density at radius 2 is 1.97 bits per heavy atom. The van der Waals surface area contributed by atoms with Gasteiger partial charge in [0.25, 0.3) is 5.56 Å². The van der Waals surface area contributed by atoms with E-state index in [2.05, 4.69) is 20.4 Å². The molecule has 11 heteroatoms. The lowest BCUT2D eigenvalue weighted by molar-refractivity contribution is 0.0687. The number of hydrogen-bond acceptors (Lipinski definition) is 9. The largest absolute Gasteiger partial charge is 0.497 e. The Kier molecular flexibility index (Phi) is 6.25. The van der Waals surface area contributed by atoms with Crippen LogP contribution >= 0.6 is 0 Å². The number of methoxy groups -OCH3 is 1. The summed E-state index contributed by atoms with van der Waals surface area (Å²) in [6, 6.07) is 17.8. The number of aromatic nitrogens is 4. The summed E-state index contributed by atoms with van der Waals surface area (Å²) < 4.78 is 12.0. The molecule has 0 aliphatic rings. The molecule has 1 aromatic carbocycles. The van der Waals surface area contributed by atoms with Crippen molar-refractivity contribution in [2.24, 2.45) is 0 Å². The molecule has 0 fully saturated rings. The van der Waals surface area contributed by atoms with E-state index < -0.39 is 5.97 Å². The third kappa shape index (κ3) is 4.69. The van der Waals surface area contributed by atoms with Crippen LogP contribution in [0.2, 0.25) is 0 Å². The second-order valence-electron chi connectivity index (χ2n) is 8.15. The Hall–Kier alpha value is -5.19. The van der Waals surface area contributed by atoms with Gasteiger partial charge in [-0.2, -0.15) is 0 Å². The van der Waals surface area contributed by atoms with E-state index in [1.54, 1.807) is 55.9 Å². The van der Waals surface area contributed by atoms with Crippen molar-refractivity contribution in [2.45, 2.75) is 6.54 Å². The highest BCUT2D eigenvalue weighted by molar-refractivity contribution is 6.02. The Morgan fingerprint density at radius 3 is 2.68 bits per heavy atom. The van der Waals surface area contributed by atoms with E-state index in [0.29, 0.717) is 18.1 Å². The van der Waals surface area contributed by atoms with Gasteiger partial charge in [-0.25, -0.2) is 14.8 Å². The maximum absolute atomic E-state index is 13.2. The molecule has 0 aliphatic heterocycles. The van der Waals surface area contributed by atoms with Gasteiger partial charge in [-0.15, -0.1) is 0 Å². The van der Waals surface area contributed by atoms with Crippen molar-refractivity contribution < 1.29 is 19.2 Å². The fraction of sp³-hybridized carbons (Fsp3) is 0.115. The minimum Gasteiger partial charge on any atom is -0.497 e. The summed E-state index contributed by atoms with van der Waals surface area (Å²) in [5, 5.41) is 16.3. The van der Waals surface area contributed by atoms with Crippen molar-refractivity contribution in [3.8, 4) is 11.6 Å². The molecular weight excluding hydrogens is 476 g/mol. The Morgan fingerprint density at radius 1 is 1.16 bits per heavy atom. The smallest absolute Gasteiger partial charge is 0.360 e. The monoisotopic (exact) mass is 498 g/mol. The second-order valence-corrected chi connectivity index (χ2v) is 8.15. The van der Waals surface area contributed by atoms with E-state index in [9.17, 15) is 14.7 Å². The summed E-state index contributed by atoms with van der Waals surface area (Å²) in [4.78, 5) is 35.4. The number of carboxylic acid groups (broad SMARTS) is 1. The summed E-state index contributed by atoms with van der Waals surface area (Å²) in [6.45, 7) is 0.476. The molecular formula is C26H22N6O5. The molecule has 4 aromatic heterocycles.